The van der Waals surface area contributed by atoms with Crippen LogP contribution in [0.15, 0.2) is 29.3 Å². The number of hydrogen-bond donors (Lipinski definition) is 2. The molecule has 0 spiro atoms. The van der Waals surface area contributed by atoms with Gasteiger partial charge in [0.25, 0.3) is 0 Å². The molecule has 5 heteroatoms. The normalized spacial score (nSPS) is 22.4. The minimum absolute atomic E-state index is 0.432. The molecule has 23 heavy (non-hydrogen) atoms. The quantitative estimate of drug-likeness (QED) is 0.645. The highest BCUT2D eigenvalue weighted by molar-refractivity contribution is 5.80. The average molecular weight is 318 g/mol. The van der Waals surface area contributed by atoms with E-state index in [1.807, 2.05) is 25.2 Å². The summed E-state index contributed by atoms with van der Waals surface area (Å²) in [5.74, 6) is 2.36. The van der Waals surface area contributed by atoms with Gasteiger partial charge < -0.3 is 15.4 Å². The molecule has 0 aliphatic carbocycles. The summed E-state index contributed by atoms with van der Waals surface area (Å²) < 4.78 is 5.40. The monoisotopic (exact) mass is 318 g/mol. The number of nitrogens with one attached hydrogen (secondary N) is 2. The van der Waals surface area contributed by atoms with Crippen LogP contribution in [0.25, 0.3) is 0 Å². The van der Waals surface area contributed by atoms with Crippen LogP contribution in [0.1, 0.15) is 26.3 Å². The van der Waals surface area contributed by atoms with Crippen LogP contribution in [0.3, 0.4) is 0 Å². The molecule has 1 saturated heterocycles. The van der Waals surface area contributed by atoms with Gasteiger partial charge in [-0.1, -0.05) is 25.1 Å². The van der Waals surface area contributed by atoms with E-state index < -0.39 is 0 Å². The summed E-state index contributed by atoms with van der Waals surface area (Å²) in [6.07, 6.45) is 0. The third-order valence-corrected chi connectivity index (χ3v) is 4.56. The van der Waals surface area contributed by atoms with Crippen molar-refractivity contribution in [2.75, 3.05) is 27.2 Å². The lowest BCUT2D eigenvalue weighted by atomic mass is 10.1. The van der Waals surface area contributed by atoms with E-state index in [-0.39, 0.29) is 0 Å². The summed E-state index contributed by atoms with van der Waals surface area (Å²) in [6.45, 7) is 9.70. The molecule has 0 bridgehead atoms. The number of benzene rings is 1. The smallest absolute Gasteiger partial charge is 0.191 e. The first-order valence-electron chi connectivity index (χ1n) is 8.38. The van der Waals surface area contributed by atoms with Crippen molar-refractivity contribution in [3.63, 3.8) is 0 Å². The van der Waals surface area contributed by atoms with Crippen molar-refractivity contribution in [3.8, 4) is 5.75 Å². The van der Waals surface area contributed by atoms with E-state index in [4.69, 9.17) is 4.74 Å². The number of likely N-dealkylation sites (tertiary alicyclic amines) is 1. The summed E-state index contributed by atoms with van der Waals surface area (Å²) >= 11 is 0. The molecule has 2 atom stereocenters. The maximum atomic E-state index is 5.40. The fourth-order valence-corrected chi connectivity index (χ4v) is 3.01. The molecule has 5 nitrogen and oxygen atoms in total. The molecule has 1 heterocycles. The van der Waals surface area contributed by atoms with Crippen LogP contribution in [0, 0.1) is 5.92 Å². The van der Waals surface area contributed by atoms with E-state index in [2.05, 4.69) is 47.4 Å². The zero-order valence-electron chi connectivity index (χ0n) is 15.0. The maximum absolute atomic E-state index is 5.40. The number of methoxy groups -OCH3 is 1. The second-order valence-electron chi connectivity index (χ2n) is 6.51. The first-order valence-corrected chi connectivity index (χ1v) is 8.38. The van der Waals surface area contributed by atoms with E-state index in [0.717, 1.165) is 30.4 Å². The van der Waals surface area contributed by atoms with E-state index in [9.17, 15) is 0 Å². The predicted molar refractivity (Wildman–Crippen MR) is 96.0 cm³/mol. The van der Waals surface area contributed by atoms with Crippen LogP contribution in [-0.4, -0.2) is 50.2 Å². The lowest BCUT2D eigenvalue weighted by Crippen LogP contribution is -2.46. The second kappa shape index (κ2) is 8.20. The zero-order valence-corrected chi connectivity index (χ0v) is 15.0. The Kier molecular flexibility index (Phi) is 6.28. The van der Waals surface area contributed by atoms with Gasteiger partial charge in [0.15, 0.2) is 5.96 Å². The van der Waals surface area contributed by atoms with Crippen LogP contribution in [-0.2, 0) is 6.54 Å². The number of rotatable bonds is 5. The summed E-state index contributed by atoms with van der Waals surface area (Å²) in [5, 5.41) is 6.96. The van der Waals surface area contributed by atoms with Gasteiger partial charge in [0.1, 0.15) is 5.75 Å². The van der Waals surface area contributed by atoms with Crippen molar-refractivity contribution < 1.29 is 4.74 Å². The standard InChI is InChI=1S/C18H30N4O/c1-13(2)22-11-14(3)16(12-22)21-18(19-4)20-10-15-8-6-7-9-17(15)23-5/h6-9,13-14,16H,10-12H2,1-5H3,(H2,19,20,21). The highest BCUT2D eigenvalue weighted by Gasteiger charge is 2.31. The Balaban J connectivity index is 1.91. The van der Waals surface area contributed by atoms with Gasteiger partial charge in [0.2, 0.25) is 0 Å². The lowest BCUT2D eigenvalue weighted by molar-refractivity contribution is 0.265. The maximum Gasteiger partial charge on any atom is 0.191 e. The van der Waals surface area contributed by atoms with Gasteiger partial charge in [-0.25, -0.2) is 0 Å². The van der Waals surface area contributed by atoms with E-state index in [0.29, 0.717) is 24.5 Å². The van der Waals surface area contributed by atoms with Crippen molar-refractivity contribution >= 4 is 5.96 Å². The minimum atomic E-state index is 0.432. The van der Waals surface area contributed by atoms with Crippen LogP contribution in [0.4, 0.5) is 0 Å². The molecular formula is C18H30N4O. The molecular weight excluding hydrogens is 288 g/mol. The fourth-order valence-electron chi connectivity index (χ4n) is 3.01. The first-order chi connectivity index (χ1) is 11.0. The Morgan fingerprint density at radius 1 is 1.35 bits per heavy atom. The van der Waals surface area contributed by atoms with Gasteiger partial charge >= 0.3 is 0 Å². The Bertz CT molecular complexity index is 530. The van der Waals surface area contributed by atoms with Gasteiger partial charge in [-0.2, -0.15) is 0 Å². The van der Waals surface area contributed by atoms with E-state index in [1.165, 1.54) is 0 Å². The summed E-state index contributed by atoms with van der Waals surface area (Å²) in [6, 6.07) is 9.07. The highest BCUT2D eigenvalue weighted by Crippen LogP contribution is 2.19. The Hall–Kier alpha value is -1.75. The minimum Gasteiger partial charge on any atom is -0.496 e. The number of ether oxygens (including phenoxy) is 1. The number of guanidine groups is 1. The molecule has 2 rings (SSSR count). The van der Waals surface area contributed by atoms with Crippen molar-refractivity contribution in [2.24, 2.45) is 10.9 Å². The Labute approximate surface area is 140 Å². The van der Waals surface area contributed by atoms with Crippen LogP contribution >= 0.6 is 0 Å². The predicted octanol–water partition coefficient (Wildman–Crippen LogP) is 2.09. The lowest BCUT2D eigenvalue weighted by Gasteiger charge is -2.22. The molecule has 2 unspecified atom stereocenters. The van der Waals surface area contributed by atoms with Crippen molar-refractivity contribution in [2.45, 2.75) is 39.4 Å². The van der Waals surface area contributed by atoms with Gasteiger partial charge in [-0.15, -0.1) is 0 Å². The zero-order chi connectivity index (χ0) is 16.8. The SMILES string of the molecule is CN=C(NCc1ccccc1OC)NC1CN(C(C)C)CC1C. The van der Waals surface area contributed by atoms with E-state index >= 15 is 0 Å². The molecule has 1 aromatic carbocycles. The summed E-state index contributed by atoms with van der Waals surface area (Å²) in [4.78, 5) is 6.87. The molecule has 2 N–H and O–H groups in total. The summed E-state index contributed by atoms with van der Waals surface area (Å²) in [7, 11) is 3.52. The molecule has 1 aromatic rings. The Morgan fingerprint density at radius 3 is 2.70 bits per heavy atom. The first kappa shape index (κ1) is 17.6. The van der Waals surface area contributed by atoms with Gasteiger partial charge in [0, 0.05) is 44.3 Å². The Morgan fingerprint density at radius 2 is 2.09 bits per heavy atom. The number of nitrogens with zero attached hydrogens (tertiary/aromatic N) is 2. The molecule has 128 valence electrons. The van der Waals surface area contributed by atoms with Gasteiger partial charge in [-0.3, -0.25) is 9.89 Å². The van der Waals surface area contributed by atoms with Gasteiger partial charge in [-0.05, 0) is 25.8 Å². The van der Waals surface area contributed by atoms with Gasteiger partial charge in [0.05, 0.1) is 7.11 Å². The topological polar surface area (TPSA) is 48.9 Å². The number of hydrogen-bond acceptors (Lipinski definition) is 3. The van der Waals surface area contributed by atoms with Crippen molar-refractivity contribution in [1.82, 2.24) is 15.5 Å². The largest absolute Gasteiger partial charge is 0.496 e. The molecule has 1 aliphatic heterocycles. The van der Waals surface area contributed by atoms with E-state index in [1.54, 1.807) is 7.11 Å². The molecule has 1 aliphatic rings. The number of para-hydroxylation sites is 1. The molecule has 0 aromatic heterocycles. The van der Waals surface area contributed by atoms with Crippen LogP contribution in [0.2, 0.25) is 0 Å². The molecule has 0 saturated carbocycles. The fraction of sp³-hybridized carbons (Fsp3) is 0.611. The van der Waals surface area contributed by atoms with Crippen molar-refractivity contribution in [3.05, 3.63) is 29.8 Å². The molecule has 0 amide bonds. The molecule has 0 radical (unpaired) electrons. The summed E-state index contributed by atoms with van der Waals surface area (Å²) in [5.41, 5.74) is 1.13. The van der Waals surface area contributed by atoms with Crippen molar-refractivity contribution in [1.29, 1.82) is 0 Å². The second-order valence-corrected chi connectivity index (χ2v) is 6.51. The third kappa shape index (κ3) is 4.61. The molecule has 1 fully saturated rings. The average Bonchev–Trinajstić information content (AvgIpc) is 2.92. The number of aliphatic imine (C=N–C) groups is 1. The van der Waals surface area contributed by atoms with Crippen LogP contribution < -0.4 is 15.4 Å². The third-order valence-electron chi connectivity index (χ3n) is 4.56. The highest BCUT2D eigenvalue weighted by atomic mass is 16.5. The van der Waals surface area contributed by atoms with Crippen LogP contribution in [0.5, 0.6) is 5.75 Å².